The number of rotatable bonds is 5. The molecule has 0 spiro atoms. The second kappa shape index (κ2) is 10.6. The lowest BCUT2D eigenvalue weighted by Gasteiger charge is -2.33. The number of carbonyl (C=O) groups is 2. The minimum atomic E-state index is -4.40. The Morgan fingerprint density at radius 2 is 1.78 bits per heavy atom. The van der Waals surface area contributed by atoms with Crippen LogP contribution in [0.3, 0.4) is 0 Å². The summed E-state index contributed by atoms with van der Waals surface area (Å²) in [5.41, 5.74) is 1.98. The van der Waals surface area contributed by atoms with Crippen LogP contribution in [0.25, 0.3) is 0 Å². The third-order valence-electron chi connectivity index (χ3n) is 6.68. The molecule has 36 heavy (non-hydrogen) atoms. The summed E-state index contributed by atoms with van der Waals surface area (Å²) in [6.07, 6.45) is -3.11. The molecule has 0 bridgehead atoms. The fourth-order valence-electron chi connectivity index (χ4n) is 4.66. The molecule has 0 fully saturated rings. The molecule has 192 valence electrons. The second-order valence-electron chi connectivity index (χ2n) is 8.94. The number of amides is 2. The number of hydroxylamine groups is 2. The Morgan fingerprint density at radius 1 is 1.11 bits per heavy atom. The smallest absolute Gasteiger partial charge is 0.334 e. The molecular weight excluding hydrogens is 495 g/mol. The third-order valence-corrected chi connectivity index (χ3v) is 6.93. The Labute approximate surface area is 212 Å². The van der Waals surface area contributed by atoms with Crippen molar-refractivity contribution >= 4 is 23.4 Å². The molecule has 2 atom stereocenters. The molecule has 1 unspecified atom stereocenters. The van der Waals surface area contributed by atoms with E-state index in [0.717, 1.165) is 17.7 Å². The Kier molecular flexibility index (Phi) is 7.73. The molecule has 2 heterocycles. The summed E-state index contributed by atoms with van der Waals surface area (Å²) in [7, 11) is 1.40. The summed E-state index contributed by atoms with van der Waals surface area (Å²) in [5, 5.41) is 5.12. The Hall–Kier alpha value is -2.88. The van der Waals surface area contributed by atoms with Crippen molar-refractivity contribution in [2.45, 2.75) is 44.6 Å². The van der Waals surface area contributed by atoms with E-state index in [0.29, 0.717) is 47.5 Å². The van der Waals surface area contributed by atoms with Crippen LogP contribution in [0.4, 0.5) is 13.2 Å². The van der Waals surface area contributed by atoms with Crippen LogP contribution in [0.1, 0.15) is 53.7 Å². The van der Waals surface area contributed by atoms with Crippen molar-refractivity contribution in [1.82, 2.24) is 15.3 Å². The number of benzene rings is 2. The zero-order valence-electron chi connectivity index (χ0n) is 19.9. The number of carbonyl (C=O) groups excluding carboxylic acids is 2. The zero-order valence-corrected chi connectivity index (χ0v) is 20.7. The van der Waals surface area contributed by atoms with Crippen LogP contribution in [-0.4, -0.2) is 48.1 Å². The van der Waals surface area contributed by atoms with Gasteiger partial charge < -0.3 is 4.90 Å². The summed E-state index contributed by atoms with van der Waals surface area (Å²) in [6, 6.07) is 11.3. The predicted octanol–water partition coefficient (Wildman–Crippen LogP) is 5.36. The van der Waals surface area contributed by atoms with E-state index in [-0.39, 0.29) is 24.4 Å². The van der Waals surface area contributed by atoms with Gasteiger partial charge >= 0.3 is 6.18 Å². The molecule has 2 aliphatic heterocycles. The van der Waals surface area contributed by atoms with E-state index >= 15 is 0 Å². The van der Waals surface area contributed by atoms with E-state index in [1.807, 2.05) is 6.92 Å². The van der Waals surface area contributed by atoms with Gasteiger partial charge in [-0.1, -0.05) is 29.3 Å². The van der Waals surface area contributed by atoms with Crippen molar-refractivity contribution < 1.29 is 27.6 Å². The zero-order chi connectivity index (χ0) is 26.0. The molecule has 0 radical (unpaired) electrons. The lowest BCUT2D eigenvalue weighted by molar-refractivity contribution is -0.188. The second-order valence-corrected chi connectivity index (χ2v) is 9.38. The highest BCUT2D eigenvalue weighted by Crippen LogP contribution is 2.32. The van der Waals surface area contributed by atoms with Gasteiger partial charge in [0, 0.05) is 28.7 Å². The number of nitrogens with zero attached hydrogens (tertiary/aromatic N) is 2. The summed E-state index contributed by atoms with van der Waals surface area (Å²) < 4.78 is 38.7. The highest BCUT2D eigenvalue weighted by Gasteiger charge is 2.36. The van der Waals surface area contributed by atoms with Crippen molar-refractivity contribution in [3.63, 3.8) is 0 Å². The fourth-order valence-corrected chi connectivity index (χ4v) is 4.78. The van der Waals surface area contributed by atoms with Gasteiger partial charge in [-0.2, -0.15) is 13.2 Å². The van der Waals surface area contributed by atoms with Crippen LogP contribution < -0.4 is 5.32 Å². The number of hydrogen-bond acceptors (Lipinski definition) is 4. The maximum Gasteiger partial charge on any atom is 0.416 e. The number of hydrogen-bond donors (Lipinski definition) is 1. The molecule has 2 aromatic rings. The highest BCUT2D eigenvalue weighted by molar-refractivity contribution is 6.30. The summed E-state index contributed by atoms with van der Waals surface area (Å²) >= 11 is 5.93. The van der Waals surface area contributed by atoms with Gasteiger partial charge in [0.15, 0.2) is 0 Å². The number of nitrogens with one attached hydrogen (secondary N) is 1. The molecule has 0 saturated heterocycles. The molecule has 1 N–H and O–H groups in total. The molecule has 6 nitrogen and oxygen atoms in total. The monoisotopic (exact) mass is 521 g/mol. The molecule has 10 heteroatoms. The first-order valence-electron chi connectivity index (χ1n) is 11.6. The van der Waals surface area contributed by atoms with Crippen LogP contribution in [0.15, 0.2) is 59.7 Å². The molecule has 2 aromatic carbocycles. The maximum atomic E-state index is 13.5. The Balaban J connectivity index is 1.47. The predicted molar refractivity (Wildman–Crippen MR) is 129 cm³/mol. The van der Waals surface area contributed by atoms with Gasteiger partial charge in [-0.05, 0) is 68.1 Å². The molecule has 4 rings (SSSR count). The van der Waals surface area contributed by atoms with E-state index < -0.39 is 17.9 Å². The lowest BCUT2D eigenvalue weighted by atomic mass is 9.95. The van der Waals surface area contributed by atoms with Crippen LogP contribution in [0.2, 0.25) is 5.02 Å². The molecular formula is C26H27ClF3N3O3. The standard InChI is InChI=1S/C26H27ClF3N3O3/c1-16(17-3-8-20(9-4-17)26(28,29)30)31-23-12-7-18-13-14-32(15-22(18)25(35)33(23)36-2)24(34)19-5-10-21(27)11-6-19/h3-6,8-11,16,23,31H,7,12-15H2,1-2H3/t16-,23?/m0/s1. The van der Waals surface area contributed by atoms with E-state index in [2.05, 4.69) is 5.32 Å². The van der Waals surface area contributed by atoms with Crippen molar-refractivity contribution in [2.75, 3.05) is 20.2 Å². The van der Waals surface area contributed by atoms with E-state index in [9.17, 15) is 22.8 Å². The minimum Gasteiger partial charge on any atom is -0.334 e. The Morgan fingerprint density at radius 3 is 2.39 bits per heavy atom. The summed E-state index contributed by atoms with van der Waals surface area (Å²) in [4.78, 5) is 33.6. The van der Waals surface area contributed by atoms with Crippen LogP contribution in [0, 0.1) is 0 Å². The molecule has 0 aliphatic carbocycles. The average molecular weight is 522 g/mol. The molecule has 0 saturated carbocycles. The van der Waals surface area contributed by atoms with Gasteiger partial charge in [0.25, 0.3) is 11.8 Å². The lowest BCUT2D eigenvalue weighted by Crippen LogP contribution is -2.49. The first-order chi connectivity index (χ1) is 17.1. The number of alkyl halides is 3. The first-order valence-corrected chi connectivity index (χ1v) is 12.0. The Bertz CT molecular complexity index is 1150. The molecule has 2 amide bonds. The summed E-state index contributed by atoms with van der Waals surface area (Å²) in [5.74, 6) is -0.499. The van der Waals surface area contributed by atoms with Gasteiger partial charge in [0.2, 0.25) is 0 Å². The van der Waals surface area contributed by atoms with E-state index in [4.69, 9.17) is 16.4 Å². The van der Waals surface area contributed by atoms with Gasteiger partial charge in [0.05, 0.1) is 19.2 Å². The fraction of sp³-hybridized carbons (Fsp3) is 0.385. The van der Waals surface area contributed by atoms with Gasteiger partial charge in [0.1, 0.15) is 6.17 Å². The van der Waals surface area contributed by atoms with E-state index in [1.165, 1.54) is 24.3 Å². The normalized spacial score (nSPS) is 19.7. The van der Waals surface area contributed by atoms with Crippen molar-refractivity contribution in [3.8, 4) is 0 Å². The largest absolute Gasteiger partial charge is 0.416 e. The third kappa shape index (κ3) is 5.58. The SMILES string of the molecule is CON1C(=O)C2=C(CCC1N[C@@H](C)c1ccc(C(F)(F)F)cc1)CCN(C(=O)c1ccc(Cl)cc1)C2. The highest BCUT2D eigenvalue weighted by atomic mass is 35.5. The van der Waals surface area contributed by atoms with Gasteiger partial charge in [-0.3, -0.25) is 19.7 Å². The van der Waals surface area contributed by atoms with E-state index in [1.54, 1.807) is 29.2 Å². The van der Waals surface area contributed by atoms with Gasteiger partial charge in [-0.15, -0.1) is 0 Å². The average Bonchev–Trinajstić information content (AvgIpc) is 2.99. The quantitative estimate of drug-likeness (QED) is 0.575. The molecule has 2 aliphatic rings. The number of halogens is 4. The minimum absolute atomic E-state index is 0.176. The van der Waals surface area contributed by atoms with Crippen molar-refractivity contribution in [1.29, 1.82) is 0 Å². The van der Waals surface area contributed by atoms with Crippen LogP contribution in [0.5, 0.6) is 0 Å². The first kappa shape index (κ1) is 26.2. The van der Waals surface area contributed by atoms with Crippen molar-refractivity contribution in [3.05, 3.63) is 81.4 Å². The molecule has 0 aromatic heterocycles. The van der Waals surface area contributed by atoms with Gasteiger partial charge in [-0.25, -0.2) is 5.06 Å². The topological polar surface area (TPSA) is 61.9 Å². The van der Waals surface area contributed by atoms with Crippen LogP contribution in [-0.2, 0) is 15.8 Å². The summed E-state index contributed by atoms with van der Waals surface area (Å²) in [6.45, 7) is 2.50. The van der Waals surface area contributed by atoms with Crippen LogP contribution >= 0.6 is 11.6 Å². The maximum absolute atomic E-state index is 13.5. The van der Waals surface area contributed by atoms with Crippen molar-refractivity contribution in [2.24, 2.45) is 0 Å².